The molecule has 1 fully saturated rings. The van der Waals surface area contributed by atoms with Crippen LogP contribution in [0.15, 0.2) is 46.9 Å². The summed E-state index contributed by atoms with van der Waals surface area (Å²) >= 11 is 3.15. The molecule has 3 rings (SSSR count). The van der Waals surface area contributed by atoms with Crippen molar-refractivity contribution >= 4 is 39.2 Å². The zero-order valence-electron chi connectivity index (χ0n) is 14.4. The molecule has 1 atom stereocenters. The summed E-state index contributed by atoms with van der Waals surface area (Å²) in [5.74, 6) is -1.15. The van der Waals surface area contributed by atoms with Crippen LogP contribution in [0.4, 0.5) is 20.6 Å². The number of anilines is 2. The van der Waals surface area contributed by atoms with Gasteiger partial charge in [0.2, 0.25) is 0 Å². The zero-order valence-corrected chi connectivity index (χ0v) is 16.0. The normalized spacial score (nSPS) is 16.0. The van der Waals surface area contributed by atoms with Gasteiger partial charge in [-0.15, -0.1) is 0 Å². The first kappa shape index (κ1) is 19.3. The van der Waals surface area contributed by atoms with Crippen molar-refractivity contribution in [3.8, 4) is 0 Å². The van der Waals surface area contributed by atoms with E-state index in [0.29, 0.717) is 22.4 Å². The fraction of sp³-hybridized carbons (Fsp3) is 0.263. The SMILES string of the molecule is O=C(NCC1CCCO1)Nc1ccc(NC(=O)c2ccc(Br)cc2F)cc1. The molecule has 0 spiro atoms. The van der Waals surface area contributed by atoms with E-state index in [-0.39, 0.29) is 17.7 Å². The number of ether oxygens (including phenoxy) is 1. The van der Waals surface area contributed by atoms with Gasteiger partial charge in [0.1, 0.15) is 5.82 Å². The maximum absolute atomic E-state index is 13.8. The Morgan fingerprint density at radius 3 is 2.44 bits per heavy atom. The number of carbonyl (C=O) groups excluding carboxylic acids is 2. The Morgan fingerprint density at radius 1 is 1.11 bits per heavy atom. The number of amides is 3. The van der Waals surface area contributed by atoms with Crippen molar-refractivity contribution in [1.82, 2.24) is 5.32 Å². The van der Waals surface area contributed by atoms with Crippen LogP contribution in [-0.4, -0.2) is 31.2 Å². The van der Waals surface area contributed by atoms with Crippen LogP contribution in [0.2, 0.25) is 0 Å². The maximum Gasteiger partial charge on any atom is 0.319 e. The van der Waals surface area contributed by atoms with E-state index in [2.05, 4.69) is 31.9 Å². The Morgan fingerprint density at radius 2 is 1.81 bits per heavy atom. The highest BCUT2D eigenvalue weighted by molar-refractivity contribution is 9.10. The van der Waals surface area contributed by atoms with E-state index in [9.17, 15) is 14.0 Å². The summed E-state index contributed by atoms with van der Waals surface area (Å²) in [6.07, 6.45) is 2.05. The molecule has 2 aromatic rings. The van der Waals surface area contributed by atoms with E-state index < -0.39 is 11.7 Å². The van der Waals surface area contributed by atoms with Gasteiger partial charge in [0.25, 0.3) is 5.91 Å². The van der Waals surface area contributed by atoms with E-state index in [1.54, 1.807) is 30.3 Å². The van der Waals surface area contributed by atoms with Gasteiger partial charge in [-0.1, -0.05) is 15.9 Å². The molecule has 0 bridgehead atoms. The topological polar surface area (TPSA) is 79.5 Å². The summed E-state index contributed by atoms with van der Waals surface area (Å²) < 4.78 is 19.8. The van der Waals surface area contributed by atoms with Gasteiger partial charge >= 0.3 is 6.03 Å². The van der Waals surface area contributed by atoms with Gasteiger partial charge in [-0.2, -0.15) is 0 Å². The third-order valence-corrected chi connectivity index (χ3v) is 4.58. The molecule has 1 aliphatic rings. The standard InChI is InChI=1S/C19H19BrFN3O3/c20-12-3-8-16(17(21)10-12)18(25)23-13-4-6-14(7-5-13)24-19(26)22-11-15-2-1-9-27-15/h3-8,10,15H,1-2,9,11H2,(H,23,25)(H2,22,24,26). The first-order chi connectivity index (χ1) is 13.0. The second-order valence-electron chi connectivity index (χ2n) is 6.13. The molecule has 0 radical (unpaired) electrons. The minimum absolute atomic E-state index is 0.0473. The van der Waals surface area contributed by atoms with Crippen molar-refractivity contribution in [3.63, 3.8) is 0 Å². The van der Waals surface area contributed by atoms with Gasteiger partial charge in [0.15, 0.2) is 0 Å². The Bertz CT molecular complexity index is 823. The second kappa shape index (κ2) is 8.96. The maximum atomic E-state index is 13.8. The molecular formula is C19H19BrFN3O3. The van der Waals surface area contributed by atoms with Crippen molar-refractivity contribution in [2.75, 3.05) is 23.8 Å². The van der Waals surface area contributed by atoms with Gasteiger partial charge in [0, 0.05) is 29.0 Å². The Labute approximate surface area is 164 Å². The quantitative estimate of drug-likeness (QED) is 0.659. The Kier molecular flexibility index (Phi) is 6.41. The van der Waals surface area contributed by atoms with Gasteiger partial charge in [0.05, 0.1) is 11.7 Å². The molecule has 0 aromatic heterocycles. The molecule has 8 heteroatoms. The molecule has 2 aromatic carbocycles. The minimum atomic E-state index is -0.608. The molecule has 3 amide bonds. The number of nitrogens with one attached hydrogen (secondary N) is 3. The van der Waals surface area contributed by atoms with Crippen LogP contribution < -0.4 is 16.0 Å². The molecule has 142 valence electrons. The fourth-order valence-electron chi connectivity index (χ4n) is 2.70. The number of urea groups is 1. The number of rotatable bonds is 5. The summed E-state index contributed by atoms with van der Waals surface area (Å²) in [6.45, 7) is 1.21. The van der Waals surface area contributed by atoms with Crippen molar-refractivity contribution in [2.45, 2.75) is 18.9 Å². The third kappa shape index (κ3) is 5.51. The molecule has 1 saturated heterocycles. The van der Waals surface area contributed by atoms with Gasteiger partial charge in [-0.05, 0) is 55.3 Å². The Hall–Kier alpha value is -2.45. The van der Waals surface area contributed by atoms with Gasteiger partial charge in [-0.25, -0.2) is 9.18 Å². The lowest BCUT2D eigenvalue weighted by molar-refractivity contribution is 0.102. The number of halogens is 2. The summed E-state index contributed by atoms with van der Waals surface area (Å²) in [5.41, 5.74) is 1.02. The lowest BCUT2D eigenvalue weighted by atomic mass is 10.2. The van der Waals surface area contributed by atoms with Crippen LogP contribution >= 0.6 is 15.9 Å². The van der Waals surface area contributed by atoms with E-state index in [0.717, 1.165) is 19.4 Å². The molecule has 3 N–H and O–H groups in total. The highest BCUT2D eigenvalue weighted by Gasteiger charge is 2.16. The van der Waals surface area contributed by atoms with Gasteiger partial charge in [-0.3, -0.25) is 4.79 Å². The zero-order chi connectivity index (χ0) is 19.2. The Balaban J connectivity index is 1.52. The smallest absolute Gasteiger partial charge is 0.319 e. The van der Waals surface area contributed by atoms with Crippen molar-refractivity contribution in [1.29, 1.82) is 0 Å². The third-order valence-electron chi connectivity index (χ3n) is 4.09. The lowest BCUT2D eigenvalue weighted by Gasteiger charge is -2.12. The predicted molar refractivity (Wildman–Crippen MR) is 104 cm³/mol. The van der Waals surface area contributed by atoms with Crippen LogP contribution in [0.1, 0.15) is 23.2 Å². The van der Waals surface area contributed by atoms with E-state index in [4.69, 9.17) is 4.74 Å². The first-order valence-electron chi connectivity index (χ1n) is 8.54. The number of benzene rings is 2. The van der Waals surface area contributed by atoms with E-state index in [1.807, 2.05) is 0 Å². The van der Waals surface area contributed by atoms with Crippen molar-refractivity contribution in [3.05, 3.63) is 58.3 Å². The fourth-order valence-corrected chi connectivity index (χ4v) is 3.03. The second-order valence-corrected chi connectivity index (χ2v) is 7.04. The van der Waals surface area contributed by atoms with Crippen LogP contribution in [-0.2, 0) is 4.74 Å². The van der Waals surface area contributed by atoms with Crippen molar-refractivity contribution < 1.29 is 18.7 Å². The number of hydrogen-bond acceptors (Lipinski definition) is 3. The molecule has 27 heavy (non-hydrogen) atoms. The summed E-state index contributed by atoms with van der Waals surface area (Å²) in [7, 11) is 0. The molecule has 1 aliphatic heterocycles. The highest BCUT2D eigenvalue weighted by atomic mass is 79.9. The minimum Gasteiger partial charge on any atom is -0.376 e. The van der Waals surface area contributed by atoms with Crippen LogP contribution in [0.5, 0.6) is 0 Å². The van der Waals surface area contributed by atoms with Crippen LogP contribution in [0, 0.1) is 5.82 Å². The summed E-state index contributed by atoms with van der Waals surface area (Å²) in [4.78, 5) is 24.1. The van der Waals surface area contributed by atoms with Gasteiger partial charge < -0.3 is 20.7 Å². The number of hydrogen-bond donors (Lipinski definition) is 3. The molecule has 1 heterocycles. The van der Waals surface area contributed by atoms with E-state index in [1.165, 1.54) is 12.1 Å². The molecule has 1 unspecified atom stereocenters. The summed E-state index contributed by atoms with van der Waals surface area (Å²) in [6, 6.07) is 10.5. The molecule has 0 saturated carbocycles. The highest BCUT2D eigenvalue weighted by Crippen LogP contribution is 2.18. The number of carbonyl (C=O) groups is 2. The molecule has 6 nitrogen and oxygen atoms in total. The van der Waals surface area contributed by atoms with Crippen molar-refractivity contribution in [2.24, 2.45) is 0 Å². The largest absolute Gasteiger partial charge is 0.376 e. The lowest BCUT2D eigenvalue weighted by Crippen LogP contribution is -2.35. The molecular weight excluding hydrogens is 417 g/mol. The average Bonchev–Trinajstić information content (AvgIpc) is 3.15. The van der Waals surface area contributed by atoms with Crippen LogP contribution in [0.3, 0.4) is 0 Å². The predicted octanol–water partition coefficient (Wildman–Crippen LogP) is 4.14. The monoisotopic (exact) mass is 435 g/mol. The summed E-state index contributed by atoms with van der Waals surface area (Å²) in [5, 5.41) is 8.09. The first-order valence-corrected chi connectivity index (χ1v) is 9.33. The average molecular weight is 436 g/mol. The molecule has 0 aliphatic carbocycles. The van der Waals surface area contributed by atoms with Crippen LogP contribution in [0.25, 0.3) is 0 Å². The van der Waals surface area contributed by atoms with E-state index >= 15 is 0 Å².